The molecule has 0 atom stereocenters. The summed E-state index contributed by atoms with van der Waals surface area (Å²) >= 11 is 5.77. The molecule has 86 valence electrons. The third-order valence-electron chi connectivity index (χ3n) is 2.99. The molecule has 0 amide bonds. The van der Waals surface area contributed by atoms with Gasteiger partial charge in [-0.2, -0.15) is 0 Å². The van der Waals surface area contributed by atoms with E-state index in [9.17, 15) is 0 Å². The van der Waals surface area contributed by atoms with E-state index in [4.69, 9.17) is 16.3 Å². The Morgan fingerprint density at radius 2 is 1.94 bits per heavy atom. The fourth-order valence-corrected chi connectivity index (χ4v) is 2.27. The minimum atomic E-state index is 0.576. The van der Waals surface area contributed by atoms with Crippen LogP contribution in [-0.4, -0.2) is 4.98 Å². The zero-order valence-electron chi connectivity index (χ0n) is 9.32. The van der Waals surface area contributed by atoms with Crippen molar-refractivity contribution in [3.05, 3.63) is 52.7 Å². The van der Waals surface area contributed by atoms with Gasteiger partial charge in [0.1, 0.15) is 5.75 Å². The highest BCUT2D eigenvalue weighted by Gasteiger charge is 2.11. The summed E-state index contributed by atoms with van der Waals surface area (Å²) in [6, 6.07) is 9.81. The van der Waals surface area contributed by atoms with Crippen molar-refractivity contribution in [2.24, 2.45) is 0 Å². The average Bonchev–Trinajstić information content (AvgIpc) is 2.79. The predicted molar refractivity (Wildman–Crippen MR) is 67.8 cm³/mol. The van der Waals surface area contributed by atoms with E-state index < -0.39 is 0 Å². The Morgan fingerprint density at radius 3 is 2.76 bits per heavy atom. The van der Waals surface area contributed by atoms with Crippen LogP contribution in [0, 0.1) is 0 Å². The largest absolute Gasteiger partial charge is 0.439 e. The van der Waals surface area contributed by atoms with E-state index in [1.165, 1.54) is 24.0 Å². The van der Waals surface area contributed by atoms with E-state index in [0.29, 0.717) is 10.9 Å². The van der Waals surface area contributed by atoms with Crippen LogP contribution in [0.15, 0.2) is 36.5 Å². The van der Waals surface area contributed by atoms with E-state index in [1.54, 1.807) is 18.3 Å². The number of aryl methyl sites for hydroxylation is 2. The first kappa shape index (κ1) is 10.6. The number of halogens is 1. The maximum atomic E-state index is 5.77. The number of fused-ring (bicyclic) bond motifs is 1. The molecule has 0 radical (unpaired) electrons. The molecule has 2 aromatic rings. The van der Waals surface area contributed by atoms with Crippen molar-refractivity contribution in [1.29, 1.82) is 0 Å². The number of aromatic nitrogens is 1. The summed E-state index contributed by atoms with van der Waals surface area (Å²) in [6.45, 7) is 0. The summed E-state index contributed by atoms with van der Waals surface area (Å²) in [4.78, 5) is 4.11. The second-order valence-electron chi connectivity index (χ2n) is 4.20. The van der Waals surface area contributed by atoms with E-state index in [-0.39, 0.29) is 0 Å². The van der Waals surface area contributed by atoms with Crippen molar-refractivity contribution in [2.45, 2.75) is 19.3 Å². The smallest absolute Gasteiger partial charge is 0.219 e. The normalized spacial score (nSPS) is 13.5. The van der Waals surface area contributed by atoms with E-state index in [1.807, 2.05) is 6.07 Å². The maximum absolute atomic E-state index is 5.77. The third kappa shape index (κ3) is 2.27. The molecule has 0 N–H and O–H groups in total. The highest BCUT2D eigenvalue weighted by Crippen LogP contribution is 2.28. The number of hydrogen-bond donors (Lipinski definition) is 0. The standard InChI is InChI=1S/C14H12ClNO/c15-12-5-7-14(16-9-12)17-13-6-4-10-2-1-3-11(10)8-13/h4-9H,1-3H2. The Kier molecular flexibility index (Phi) is 2.73. The molecule has 1 heterocycles. The quantitative estimate of drug-likeness (QED) is 0.797. The van der Waals surface area contributed by atoms with Gasteiger partial charge in [-0.15, -0.1) is 0 Å². The fourth-order valence-electron chi connectivity index (χ4n) is 2.16. The lowest BCUT2D eigenvalue weighted by molar-refractivity contribution is 0.462. The van der Waals surface area contributed by atoms with Crippen LogP contribution in [0.3, 0.4) is 0 Å². The monoisotopic (exact) mass is 245 g/mol. The van der Waals surface area contributed by atoms with Crippen LogP contribution in [0.4, 0.5) is 0 Å². The number of hydrogen-bond acceptors (Lipinski definition) is 2. The molecule has 1 aromatic heterocycles. The van der Waals surface area contributed by atoms with Crippen molar-refractivity contribution in [3.63, 3.8) is 0 Å². The van der Waals surface area contributed by atoms with Gasteiger partial charge in [0.25, 0.3) is 0 Å². The SMILES string of the molecule is Clc1ccc(Oc2ccc3c(c2)CCC3)nc1. The van der Waals surface area contributed by atoms with Crippen LogP contribution in [0.2, 0.25) is 5.02 Å². The Balaban J connectivity index is 1.83. The molecule has 0 bridgehead atoms. The zero-order chi connectivity index (χ0) is 11.7. The van der Waals surface area contributed by atoms with Crippen molar-refractivity contribution < 1.29 is 4.74 Å². The van der Waals surface area contributed by atoms with Gasteiger partial charge < -0.3 is 4.74 Å². The van der Waals surface area contributed by atoms with E-state index >= 15 is 0 Å². The molecule has 3 heteroatoms. The second kappa shape index (κ2) is 4.38. The lowest BCUT2D eigenvalue weighted by atomic mass is 10.1. The Labute approximate surface area is 105 Å². The molecule has 17 heavy (non-hydrogen) atoms. The van der Waals surface area contributed by atoms with Gasteiger partial charge in [-0.1, -0.05) is 17.7 Å². The van der Waals surface area contributed by atoms with Crippen LogP contribution in [0.1, 0.15) is 17.5 Å². The van der Waals surface area contributed by atoms with Gasteiger partial charge in [-0.3, -0.25) is 0 Å². The topological polar surface area (TPSA) is 22.1 Å². The summed E-state index contributed by atoms with van der Waals surface area (Å²) in [6.07, 6.45) is 5.18. The summed E-state index contributed by atoms with van der Waals surface area (Å²) in [5, 5.41) is 0.617. The molecule has 1 aromatic carbocycles. The van der Waals surface area contributed by atoms with Crippen LogP contribution in [0.5, 0.6) is 11.6 Å². The molecule has 0 fully saturated rings. The zero-order valence-corrected chi connectivity index (χ0v) is 10.1. The first-order valence-corrected chi connectivity index (χ1v) is 6.10. The van der Waals surface area contributed by atoms with E-state index in [0.717, 1.165) is 12.2 Å². The van der Waals surface area contributed by atoms with Gasteiger partial charge in [0, 0.05) is 12.3 Å². The first-order chi connectivity index (χ1) is 8.31. The Bertz CT molecular complexity index is 536. The second-order valence-corrected chi connectivity index (χ2v) is 4.64. The molecule has 0 saturated carbocycles. The third-order valence-corrected chi connectivity index (χ3v) is 3.22. The molecule has 0 aliphatic heterocycles. The van der Waals surface area contributed by atoms with Gasteiger partial charge in [0.15, 0.2) is 0 Å². The van der Waals surface area contributed by atoms with E-state index in [2.05, 4.69) is 17.1 Å². The van der Waals surface area contributed by atoms with Crippen LogP contribution < -0.4 is 4.74 Å². The van der Waals surface area contributed by atoms with Crippen LogP contribution >= 0.6 is 11.6 Å². The van der Waals surface area contributed by atoms with Gasteiger partial charge in [-0.25, -0.2) is 4.98 Å². The minimum Gasteiger partial charge on any atom is -0.439 e. The average molecular weight is 246 g/mol. The van der Waals surface area contributed by atoms with Crippen LogP contribution in [-0.2, 0) is 12.8 Å². The number of rotatable bonds is 2. The lowest BCUT2D eigenvalue weighted by Gasteiger charge is -2.06. The maximum Gasteiger partial charge on any atom is 0.219 e. The van der Waals surface area contributed by atoms with Crippen molar-refractivity contribution in [3.8, 4) is 11.6 Å². The summed E-state index contributed by atoms with van der Waals surface area (Å²) in [5.74, 6) is 1.42. The molecule has 2 nitrogen and oxygen atoms in total. The van der Waals surface area contributed by atoms with Crippen LogP contribution in [0.25, 0.3) is 0 Å². The fraction of sp³-hybridized carbons (Fsp3) is 0.214. The van der Waals surface area contributed by atoms with Gasteiger partial charge in [-0.05, 0) is 48.6 Å². The number of nitrogens with zero attached hydrogens (tertiary/aromatic N) is 1. The van der Waals surface area contributed by atoms with Gasteiger partial charge in [0.05, 0.1) is 5.02 Å². The highest BCUT2D eigenvalue weighted by molar-refractivity contribution is 6.30. The first-order valence-electron chi connectivity index (χ1n) is 5.72. The highest BCUT2D eigenvalue weighted by atomic mass is 35.5. The summed E-state index contributed by atoms with van der Waals surface area (Å²) in [7, 11) is 0. The Morgan fingerprint density at radius 1 is 1.06 bits per heavy atom. The van der Waals surface area contributed by atoms with Crippen molar-refractivity contribution in [1.82, 2.24) is 4.98 Å². The molecule has 0 spiro atoms. The van der Waals surface area contributed by atoms with Crippen molar-refractivity contribution in [2.75, 3.05) is 0 Å². The van der Waals surface area contributed by atoms with Gasteiger partial charge >= 0.3 is 0 Å². The van der Waals surface area contributed by atoms with Gasteiger partial charge in [0.2, 0.25) is 5.88 Å². The molecular formula is C14H12ClNO. The molecule has 0 unspecified atom stereocenters. The molecule has 1 aliphatic carbocycles. The summed E-state index contributed by atoms with van der Waals surface area (Å²) in [5.41, 5.74) is 2.85. The molecule has 3 rings (SSSR count). The lowest BCUT2D eigenvalue weighted by Crippen LogP contribution is -1.89. The summed E-state index contributed by atoms with van der Waals surface area (Å²) < 4.78 is 5.69. The number of benzene rings is 1. The number of pyridine rings is 1. The molecule has 0 saturated heterocycles. The minimum absolute atomic E-state index is 0.576. The predicted octanol–water partition coefficient (Wildman–Crippen LogP) is 4.02. The Hall–Kier alpha value is -1.54. The molecule has 1 aliphatic rings. The van der Waals surface area contributed by atoms with Crippen molar-refractivity contribution >= 4 is 11.6 Å². The molecular weight excluding hydrogens is 234 g/mol. The number of ether oxygens (including phenoxy) is 1.